The molecular formula is C7H12NO2. The molecule has 0 N–H and O–H groups in total. The summed E-state index contributed by atoms with van der Waals surface area (Å²) >= 11 is 0. The molecular weight excluding hydrogens is 130 g/mol. The summed E-state index contributed by atoms with van der Waals surface area (Å²) in [4.78, 5) is 12.3. The highest BCUT2D eigenvalue weighted by atomic mass is 16.5. The van der Waals surface area contributed by atoms with Gasteiger partial charge in [-0.15, -0.1) is 0 Å². The molecule has 1 radical (unpaired) electrons. The van der Waals surface area contributed by atoms with Crippen molar-refractivity contribution < 1.29 is 9.53 Å². The van der Waals surface area contributed by atoms with Crippen molar-refractivity contribution in [3.05, 3.63) is 12.7 Å². The molecule has 3 heteroatoms. The molecule has 0 amide bonds. The van der Waals surface area contributed by atoms with E-state index in [-0.39, 0.29) is 0 Å². The highest BCUT2D eigenvalue weighted by molar-refractivity contribution is 5.76. The Bertz CT molecular complexity index is 121. The molecule has 0 saturated heterocycles. The van der Waals surface area contributed by atoms with Crippen LogP contribution in [0.1, 0.15) is 0 Å². The zero-order valence-electron chi connectivity index (χ0n) is 6.39. The standard InChI is InChI=1S/C7H12NO2/c1-4-7(9)10-6-5-8(2)3/h1,5-6H2,2-3H3. The molecule has 57 valence electrons. The molecule has 3 nitrogen and oxygen atoms in total. The molecule has 0 aliphatic carbocycles. The van der Waals surface area contributed by atoms with E-state index in [1.165, 1.54) is 0 Å². The SMILES string of the molecule is C=[C]C(=O)OCCN(C)C. The third-order valence-electron chi connectivity index (χ3n) is 0.916. The van der Waals surface area contributed by atoms with Gasteiger partial charge in [0.1, 0.15) is 6.61 Å². The lowest BCUT2D eigenvalue weighted by Gasteiger charge is -2.07. The maximum atomic E-state index is 10.4. The second-order valence-electron chi connectivity index (χ2n) is 2.12. The van der Waals surface area contributed by atoms with Crippen LogP contribution in [0.25, 0.3) is 0 Å². The van der Waals surface area contributed by atoms with Crippen molar-refractivity contribution in [2.45, 2.75) is 0 Å². The molecule has 10 heavy (non-hydrogen) atoms. The Morgan fingerprint density at radius 1 is 1.70 bits per heavy atom. The van der Waals surface area contributed by atoms with Crippen molar-refractivity contribution in [1.29, 1.82) is 0 Å². The first-order valence-electron chi connectivity index (χ1n) is 3.01. The second kappa shape index (κ2) is 4.99. The van der Waals surface area contributed by atoms with Crippen LogP contribution in [0.4, 0.5) is 0 Å². The maximum Gasteiger partial charge on any atom is 0.338 e. The first-order valence-corrected chi connectivity index (χ1v) is 3.01. The molecule has 0 aromatic carbocycles. The lowest BCUT2D eigenvalue weighted by molar-refractivity contribution is -0.138. The number of ether oxygens (including phenoxy) is 1. The summed E-state index contributed by atoms with van der Waals surface area (Å²) in [5.74, 6) is -0.484. The van der Waals surface area contributed by atoms with Crippen molar-refractivity contribution >= 4 is 5.97 Å². The predicted molar refractivity (Wildman–Crippen MR) is 38.4 cm³/mol. The smallest absolute Gasteiger partial charge is 0.338 e. The number of nitrogens with zero attached hydrogens (tertiary/aromatic N) is 1. The van der Waals surface area contributed by atoms with Crippen LogP contribution >= 0.6 is 0 Å². The van der Waals surface area contributed by atoms with Crippen LogP contribution in [0.3, 0.4) is 0 Å². The number of hydrogen-bond acceptors (Lipinski definition) is 3. The Hall–Kier alpha value is -0.830. The summed E-state index contributed by atoms with van der Waals surface area (Å²) in [6.45, 7) is 4.27. The van der Waals surface area contributed by atoms with E-state index in [1.807, 2.05) is 19.0 Å². The zero-order valence-corrected chi connectivity index (χ0v) is 6.39. The van der Waals surface area contributed by atoms with E-state index in [0.29, 0.717) is 6.61 Å². The molecule has 0 aliphatic rings. The van der Waals surface area contributed by atoms with Crippen LogP contribution in [0, 0.1) is 6.08 Å². The van der Waals surface area contributed by atoms with E-state index < -0.39 is 5.97 Å². The van der Waals surface area contributed by atoms with Gasteiger partial charge in [0, 0.05) is 6.54 Å². The van der Waals surface area contributed by atoms with Gasteiger partial charge in [-0.2, -0.15) is 0 Å². The minimum absolute atomic E-state index is 0.397. The van der Waals surface area contributed by atoms with Gasteiger partial charge < -0.3 is 9.64 Å². The van der Waals surface area contributed by atoms with Crippen molar-refractivity contribution in [3.63, 3.8) is 0 Å². The van der Waals surface area contributed by atoms with E-state index in [1.54, 1.807) is 0 Å². The number of carbonyl (C=O) groups excluding carboxylic acids is 1. The molecule has 0 aromatic heterocycles. The summed E-state index contributed by atoms with van der Waals surface area (Å²) in [5.41, 5.74) is 0. The van der Waals surface area contributed by atoms with Gasteiger partial charge in [0.05, 0.1) is 6.08 Å². The molecule has 0 aliphatic heterocycles. The van der Waals surface area contributed by atoms with Crippen molar-refractivity contribution in [2.24, 2.45) is 0 Å². The van der Waals surface area contributed by atoms with E-state index in [4.69, 9.17) is 0 Å². The number of esters is 1. The summed E-state index contributed by atoms with van der Waals surface area (Å²) < 4.78 is 4.65. The van der Waals surface area contributed by atoms with Crippen molar-refractivity contribution in [3.8, 4) is 0 Å². The average Bonchev–Trinajstić information content (AvgIpc) is 1.87. The molecule has 0 saturated carbocycles. The van der Waals surface area contributed by atoms with Gasteiger partial charge in [0.25, 0.3) is 0 Å². The fourth-order valence-electron chi connectivity index (χ4n) is 0.372. The quantitative estimate of drug-likeness (QED) is 0.411. The Morgan fingerprint density at radius 3 is 2.70 bits per heavy atom. The van der Waals surface area contributed by atoms with E-state index in [2.05, 4.69) is 17.4 Å². The van der Waals surface area contributed by atoms with Crippen LogP contribution in [0.2, 0.25) is 0 Å². The Balaban J connectivity index is 3.19. The third-order valence-corrected chi connectivity index (χ3v) is 0.916. The Morgan fingerprint density at radius 2 is 2.30 bits per heavy atom. The fourth-order valence-corrected chi connectivity index (χ4v) is 0.372. The van der Waals surface area contributed by atoms with E-state index in [9.17, 15) is 4.79 Å². The molecule has 0 unspecified atom stereocenters. The van der Waals surface area contributed by atoms with Crippen LogP contribution in [-0.2, 0) is 9.53 Å². The van der Waals surface area contributed by atoms with Gasteiger partial charge >= 0.3 is 5.97 Å². The second-order valence-corrected chi connectivity index (χ2v) is 2.12. The minimum atomic E-state index is -0.484. The molecule has 0 bridgehead atoms. The first kappa shape index (κ1) is 9.17. The molecule has 0 heterocycles. The molecule has 0 spiro atoms. The maximum absolute atomic E-state index is 10.4. The Labute approximate surface area is 61.3 Å². The summed E-state index contributed by atoms with van der Waals surface area (Å²) in [6.07, 6.45) is 2.11. The Kier molecular flexibility index (Phi) is 4.58. The van der Waals surface area contributed by atoms with E-state index >= 15 is 0 Å². The molecule has 0 fully saturated rings. The zero-order chi connectivity index (χ0) is 7.98. The molecule has 0 atom stereocenters. The lowest BCUT2D eigenvalue weighted by atomic mass is 10.6. The lowest BCUT2D eigenvalue weighted by Crippen LogP contribution is -2.19. The number of likely N-dealkylation sites (N-methyl/N-ethyl adjacent to an activating group) is 1. The normalized spacial score (nSPS) is 9.50. The fraction of sp³-hybridized carbons (Fsp3) is 0.571. The van der Waals surface area contributed by atoms with Gasteiger partial charge in [0.15, 0.2) is 0 Å². The van der Waals surface area contributed by atoms with Gasteiger partial charge in [0.2, 0.25) is 0 Å². The van der Waals surface area contributed by atoms with E-state index in [0.717, 1.165) is 6.54 Å². The van der Waals surface area contributed by atoms with Crippen LogP contribution in [0.15, 0.2) is 6.58 Å². The van der Waals surface area contributed by atoms with Gasteiger partial charge in [-0.3, -0.25) is 0 Å². The topological polar surface area (TPSA) is 29.5 Å². The molecule has 0 rings (SSSR count). The average molecular weight is 142 g/mol. The predicted octanol–water partition coefficient (Wildman–Crippen LogP) is 0.0804. The van der Waals surface area contributed by atoms with Crippen molar-refractivity contribution in [2.75, 3.05) is 27.2 Å². The van der Waals surface area contributed by atoms with Gasteiger partial charge in [-0.1, -0.05) is 6.58 Å². The van der Waals surface area contributed by atoms with Gasteiger partial charge in [-0.25, -0.2) is 4.79 Å². The van der Waals surface area contributed by atoms with Crippen molar-refractivity contribution in [1.82, 2.24) is 4.90 Å². The van der Waals surface area contributed by atoms with Crippen LogP contribution < -0.4 is 0 Å². The highest BCUT2D eigenvalue weighted by Crippen LogP contribution is 1.79. The largest absolute Gasteiger partial charge is 0.461 e. The molecule has 0 aromatic rings. The first-order chi connectivity index (χ1) is 4.66. The number of carbonyl (C=O) groups is 1. The number of hydrogen-bond donors (Lipinski definition) is 0. The van der Waals surface area contributed by atoms with Gasteiger partial charge in [-0.05, 0) is 14.1 Å². The summed E-state index contributed by atoms with van der Waals surface area (Å²) in [6, 6.07) is 0. The highest BCUT2D eigenvalue weighted by Gasteiger charge is 1.95. The summed E-state index contributed by atoms with van der Waals surface area (Å²) in [5, 5.41) is 0. The monoisotopic (exact) mass is 142 g/mol. The number of rotatable bonds is 4. The van der Waals surface area contributed by atoms with Crippen LogP contribution in [-0.4, -0.2) is 38.1 Å². The third kappa shape index (κ3) is 5.31. The van der Waals surface area contributed by atoms with Crippen LogP contribution in [0.5, 0.6) is 0 Å². The minimum Gasteiger partial charge on any atom is -0.461 e. The summed E-state index contributed by atoms with van der Waals surface area (Å²) in [7, 11) is 3.82.